The van der Waals surface area contributed by atoms with Gasteiger partial charge in [-0.25, -0.2) is 4.68 Å². The molecule has 0 aliphatic carbocycles. The summed E-state index contributed by atoms with van der Waals surface area (Å²) in [4.78, 5) is 0. The molecular weight excluding hydrogens is 280 g/mol. The number of fused-ring (bicyclic) bond motifs is 1. The van der Waals surface area contributed by atoms with Crippen LogP contribution in [-0.2, 0) is 0 Å². The Balaban J connectivity index is 1.71. The van der Waals surface area contributed by atoms with Crippen LogP contribution in [0.25, 0.3) is 6.20 Å². The van der Waals surface area contributed by atoms with Crippen molar-refractivity contribution >= 4 is 6.20 Å². The topological polar surface area (TPSA) is 54.1 Å². The van der Waals surface area contributed by atoms with Crippen molar-refractivity contribution in [2.24, 2.45) is 0 Å². The molecule has 4 rings (SSSR count). The molecule has 0 amide bonds. The van der Waals surface area contributed by atoms with E-state index in [0.717, 1.165) is 17.1 Å². The minimum atomic E-state index is -0.0475. The first-order valence-corrected chi connectivity index (χ1v) is 6.96. The van der Waals surface area contributed by atoms with Gasteiger partial charge in [-0.15, -0.1) is 0 Å². The summed E-state index contributed by atoms with van der Waals surface area (Å²) in [6.07, 6.45) is 11.3. The molecule has 22 heavy (non-hydrogen) atoms. The molecule has 3 aromatic rings. The Bertz CT molecular complexity index is 779. The fraction of sp³-hybridized carbons (Fsp3) is 0.125. The highest BCUT2D eigenvalue weighted by Crippen LogP contribution is 2.35. The lowest BCUT2D eigenvalue weighted by atomic mass is 10.1. The van der Waals surface area contributed by atoms with Crippen LogP contribution in [0, 0.1) is 0 Å². The summed E-state index contributed by atoms with van der Waals surface area (Å²) < 4.78 is 14.5. The zero-order chi connectivity index (χ0) is 14.8. The highest BCUT2D eigenvalue weighted by atomic mass is 16.7. The first-order valence-electron chi connectivity index (χ1n) is 6.96. The maximum Gasteiger partial charge on any atom is 0.231 e. The average Bonchev–Trinajstić information content (AvgIpc) is 3.30. The Labute approximate surface area is 127 Å². The Hall–Kier alpha value is -3.02. The summed E-state index contributed by atoms with van der Waals surface area (Å²) in [5, 5.41) is 8.53. The molecule has 6 heteroatoms. The van der Waals surface area contributed by atoms with Crippen molar-refractivity contribution in [2.75, 3.05) is 6.79 Å². The number of hydrogen-bond acceptors (Lipinski definition) is 4. The van der Waals surface area contributed by atoms with Gasteiger partial charge in [0.2, 0.25) is 6.79 Å². The van der Waals surface area contributed by atoms with Gasteiger partial charge in [0.1, 0.15) is 0 Å². The van der Waals surface area contributed by atoms with Crippen molar-refractivity contribution in [3.05, 3.63) is 66.8 Å². The first-order chi connectivity index (χ1) is 10.9. The van der Waals surface area contributed by atoms with Crippen molar-refractivity contribution in [1.29, 1.82) is 0 Å². The third kappa shape index (κ3) is 2.35. The van der Waals surface area contributed by atoms with Crippen LogP contribution in [-0.4, -0.2) is 26.4 Å². The van der Waals surface area contributed by atoms with Crippen molar-refractivity contribution in [1.82, 2.24) is 19.6 Å². The molecule has 0 fully saturated rings. The van der Waals surface area contributed by atoms with Crippen LogP contribution >= 0.6 is 0 Å². The molecule has 0 spiro atoms. The van der Waals surface area contributed by atoms with E-state index in [9.17, 15) is 0 Å². The Morgan fingerprint density at radius 1 is 1.05 bits per heavy atom. The Morgan fingerprint density at radius 3 is 2.73 bits per heavy atom. The summed E-state index contributed by atoms with van der Waals surface area (Å²) in [5.74, 6) is 1.54. The van der Waals surface area contributed by atoms with Gasteiger partial charge in [0.15, 0.2) is 11.5 Å². The van der Waals surface area contributed by atoms with Gasteiger partial charge >= 0.3 is 0 Å². The van der Waals surface area contributed by atoms with Gasteiger partial charge in [0, 0.05) is 31.0 Å². The van der Waals surface area contributed by atoms with Crippen molar-refractivity contribution < 1.29 is 9.47 Å². The minimum absolute atomic E-state index is 0.0475. The van der Waals surface area contributed by atoms with Crippen LogP contribution in [0.1, 0.15) is 11.6 Å². The van der Waals surface area contributed by atoms with E-state index in [1.54, 1.807) is 17.1 Å². The minimum Gasteiger partial charge on any atom is -0.454 e. The molecule has 1 atom stereocenters. The lowest BCUT2D eigenvalue weighted by molar-refractivity contribution is 0.174. The van der Waals surface area contributed by atoms with E-state index in [0.29, 0.717) is 0 Å². The van der Waals surface area contributed by atoms with E-state index in [1.165, 1.54) is 0 Å². The van der Waals surface area contributed by atoms with E-state index in [-0.39, 0.29) is 12.8 Å². The van der Waals surface area contributed by atoms with Crippen molar-refractivity contribution in [3.8, 4) is 11.5 Å². The van der Waals surface area contributed by atoms with Gasteiger partial charge < -0.3 is 9.47 Å². The van der Waals surface area contributed by atoms with Crippen molar-refractivity contribution in [2.45, 2.75) is 6.04 Å². The molecule has 0 radical (unpaired) electrons. The second-order valence-corrected chi connectivity index (χ2v) is 4.87. The molecule has 0 N–H and O–H groups in total. The number of aromatic nitrogens is 4. The zero-order valence-corrected chi connectivity index (χ0v) is 11.7. The molecule has 0 saturated heterocycles. The standard InChI is InChI=1S/C16H14N4O2/c1-6-17-19(8-1)10-5-14(20-9-2-7-18-20)13-3-4-15-16(11-13)22-12-21-15/h1-11,14H,12H2/b10-5+. The van der Waals surface area contributed by atoms with Gasteiger partial charge in [-0.3, -0.25) is 4.68 Å². The van der Waals surface area contributed by atoms with Crippen LogP contribution in [0.2, 0.25) is 0 Å². The average molecular weight is 294 g/mol. The normalized spacial score (nSPS) is 14.5. The number of ether oxygens (including phenoxy) is 2. The van der Waals surface area contributed by atoms with Crippen LogP contribution in [0.5, 0.6) is 11.5 Å². The van der Waals surface area contributed by atoms with Crippen LogP contribution in [0.15, 0.2) is 61.2 Å². The number of nitrogens with zero attached hydrogens (tertiary/aromatic N) is 4. The fourth-order valence-electron chi connectivity index (χ4n) is 2.43. The van der Waals surface area contributed by atoms with Gasteiger partial charge in [-0.1, -0.05) is 6.07 Å². The third-order valence-electron chi connectivity index (χ3n) is 3.49. The smallest absolute Gasteiger partial charge is 0.231 e. The molecule has 6 nitrogen and oxygen atoms in total. The second-order valence-electron chi connectivity index (χ2n) is 4.87. The van der Waals surface area contributed by atoms with E-state index in [2.05, 4.69) is 10.2 Å². The molecule has 1 aliphatic rings. The maximum atomic E-state index is 5.46. The molecule has 1 unspecified atom stereocenters. The van der Waals surface area contributed by atoms with Gasteiger partial charge in [-0.2, -0.15) is 10.2 Å². The molecule has 0 bridgehead atoms. The predicted molar refractivity (Wildman–Crippen MR) is 80.5 cm³/mol. The highest BCUT2D eigenvalue weighted by molar-refractivity contribution is 5.46. The van der Waals surface area contributed by atoms with Gasteiger partial charge in [0.05, 0.1) is 6.04 Å². The molecule has 2 aromatic heterocycles. The second kappa shape index (κ2) is 5.40. The first kappa shape index (κ1) is 12.7. The Kier molecular flexibility index (Phi) is 3.12. The number of hydrogen-bond donors (Lipinski definition) is 0. The van der Waals surface area contributed by atoms with Gasteiger partial charge in [0.25, 0.3) is 0 Å². The summed E-state index contributed by atoms with van der Waals surface area (Å²) in [5.41, 5.74) is 1.07. The van der Waals surface area contributed by atoms with Crippen molar-refractivity contribution in [3.63, 3.8) is 0 Å². The predicted octanol–water partition coefficient (Wildman–Crippen LogP) is 2.57. The van der Waals surface area contributed by atoms with E-state index >= 15 is 0 Å². The fourth-order valence-corrected chi connectivity index (χ4v) is 2.43. The molecule has 3 heterocycles. The van der Waals surface area contributed by atoms with Crippen LogP contribution in [0.4, 0.5) is 0 Å². The monoisotopic (exact) mass is 294 g/mol. The third-order valence-corrected chi connectivity index (χ3v) is 3.49. The molecule has 1 aliphatic heterocycles. The number of rotatable bonds is 4. The summed E-state index contributed by atoms with van der Waals surface area (Å²) in [6, 6.07) is 9.68. The number of benzene rings is 1. The molecule has 0 saturated carbocycles. The molecule has 1 aromatic carbocycles. The van der Waals surface area contributed by atoms with Gasteiger partial charge in [-0.05, 0) is 35.9 Å². The molecule has 110 valence electrons. The van der Waals surface area contributed by atoms with Crippen LogP contribution in [0.3, 0.4) is 0 Å². The summed E-state index contributed by atoms with van der Waals surface area (Å²) >= 11 is 0. The number of allylic oxidation sites excluding steroid dienone is 1. The van der Waals surface area contributed by atoms with E-state index < -0.39 is 0 Å². The highest BCUT2D eigenvalue weighted by Gasteiger charge is 2.17. The summed E-state index contributed by atoms with van der Waals surface area (Å²) in [6.45, 7) is 0.272. The SMILES string of the molecule is C(=C\n1cccn1)/C(c1ccc2c(c1)OCO2)n1cccn1. The summed E-state index contributed by atoms with van der Waals surface area (Å²) in [7, 11) is 0. The van der Waals surface area contributed by atoms with E-state index in [4.69, 9.17) is 9.47 Å². The largest absolute Gasteiger partial charge is 0.454 e. The van der Waals surface area contributed by atoms with E-state index in [1.807, 2.05) is 59.7 Å². The maximum absolute atomic E-state index is 5.46. The quantitative estimate of drug-likeness (QED) is 0.742. The lowest BCUT2D eigenvalue weighted by Crippen LogP contribution is -2.09. The molecular formula is C16H14N4O2. The Morgan fingerprint density at radius 2 is 1.91 bits per heavy atom. The zero-order valence-electron chi connectivity index (χ0n) is 11.7. The lowest BCUT2D eigenvalue weighted by Gasteiger charge is -2.14. The van der Waals surface area contributed by atoms with Crippen LogP contribution < -0.4 is 9.47 Å².